The van der Waals surface area contributed by atoms with Gasteiger partial charge in [0.2, 0.25) is 5.82 Å². The van der Waals surface area contributed by atoms with Gasteiger partial charge in [-0.05, 0) is 30.3 Å². The Hall–Kier alpha value is -4.69. The molecule has 0 bridgehead atoms. The van der Waals surface area contributed by atoms with Gasteiger partial charge in [0.25, 0.3) is 11.8 Å². The van der Waals surface area contributed by atoms with Crippen molar-refractivity contribution in [2.75, 3.05) is 24.6 Å². The van der Waals surface area contributed by atoms with E-state index in [1.807, 2.05) is 0 Å². The Morgan fingerprint density at radius 3 is 2.41 bits per heavy atom. The molecule has 6 rings (SSSR count). The van der Waals surface area contributed by atoms with Crippen molar-refractivity contribution < 1.29 is 40.7 Å². The molecule has 4 aromatic rings. The van der Waals surface area contributed by atoms with Crippen LogP contribution in [-0.4, -0.2) is 113 Å². The Morgan fingerprint density at radius 1 is 1.10 bits per heavy atom. The van der Waals surface area contributed by atoms with Crippen LogP contribution in [0.1, 0.15) is 33.2 Å². The van der Waals surface area contributed by atoms with Gasteiger partial charge in [-0.3, -0.25) is 19.1 Å². The highest BCUT2D eigenvalue weighted by molar-refractivity contribution is 7.91. The molecule has 0 unspecified atom stereocenters. The summed E-state index contributed by atoms with van der Waals surface area (Å²) < 4.78 is 79.9. The van der Waals surface area contributed by atoms with E-state index < -0.39 is 70.7 Å². The first-order valence-electron chi connectivity index (χ1n) is 14.6. The molecule has 2 amide bonds. The van der Waals surface area contributed by atoms with Crippen LogP contribution in [0.25, 0.3) is 17.1 Å². The van der Waals surface area contributed by atoms with Crippen molar-refractivity contribution in [2.24, 2.45) is 0 Å². The van der Waals surface area contributed by atoms with Gasteiger partial charge in [-0.25, -0.2) is 32.0 Å². The van der Waals surface area contributed by atoms with Crippen molar-refractivity contribution in [2.45, 2.75) is 44.0 Å². The number of aromatic nitrogens is 7. The fourth-order valence-electron chi connectivity index (χ4n) is 5.02. The van der Waals surface area contributed by atoms with Crippen molar-refractivity contribution in [1.82, 2.24) is 44.3 Å². The molecule has 1 aliphatic carbocycles. The van der Waals surface area contributed by atoms with Crippen molar-refractivity contribution in [3.63, 3.8) is 0 Å². The topological polar surface area (TPSA) is 187 Å². The first-order valence-corrected chi connectivity index (χ1v) is 16.8. The summed E-state index contributed by atoms with van der Waals surface area (Å²) in [6.45, 7) is -2.12. The van der Waals surface area contributed by atoms with E-state index in [4.69, 9.17) is 11.6 Å². The third kappa shape index (κ3) is 7.35. The van der Waals surface area contributed by atoms with Crippen molar-refractivity contribution >= 4 is 33.3 Å². The van der Waals surface area contributed by atoms with Gasteiger partial charge in [-0.1, -0.05) is 11.6 Å². The average Bonchev–Trinajstić information content (AvgIpc) is 3.44. The lowest BCUT2D eigenvalue weighted by molar-refractivity contribution is -0.207. The van der Waals surface area contributed by atoms with Gasteiger partial charge in [0, 0.05) is 36.3 Å². The molecule has 2 aliphatic rings. The van der Waals surface area contributed by atoms with Crippen LogP contribution in [0.3, 0.4) is 0 Å². The standard InChI is InChI=1S/C28H26ClF4N9O6S/c29-16-3-1-15(2-4-16)23-38-41(27(46)40(23)13-21(43)28(31,32)33)14-22-36-24(26(45)39-7-9-49(47,48)10-8-39)42(37-22)20-12-34-6-5-17(20)25(44)35-19-11-18(19)30/h1-6,12,18-19,21,43H,7-11,13-14H2,(H,35,44)/t18-,19+,21+/m1/s1. The van der Waals surface area contributed by atoms with Crippen LogP contribution >= 0.6 is 11.6 Å². The highest BCUT2D eigenvalue weighted by Gasteiger charge is 2.40. The maximum Gasteiger partial charge on any atom is 0.416 e. The molecule has 1 aliphatic heterocycles. The zero-order valence-corrected chi connectivity index (χ0v) is 26.7. The fourth-order valence-corrected chi connectivity index (χ4v) is 6.35. The van der Waals surface area contributed by atoms with Gasteiger partial charge in [-0.15, -0.1) is 10.2 Å². The SMILES string of the molecule is O=C(N[C@H]1C[C@H]1F)c1ccncc1-n1nc(Cn2nc(-c3ccc(Cl)cc3)n(C[C@H](O)C(F)(F)F)c2=O)nc1C(=O)N1CCS(=O)(=O)CC1. The van der Waals surface area contributed by atoms with Crippen LogP contribution < -0.4 is 11.0 Å². The molecule has 1 aromatic carbocycles. The number of aliphatic hydroxyl groups is 1. The summed E-state index contributed by atoms with van der Waals surface area (Å²) >= 11 is 5.95. The molecule has 3 aromatic heterocycles. The molecular formula is C28H26ClF4N9O6S. The van der Waals surface area contributed by atoms with Gasteiger partial charge in [-0.2, -0.15) is 13.2 Å². The van der Waals surface area contributed by atoms with E-state index in [9.17, 15) is 45.5 Å². The summed E-state index contributed by atoms with van der Waals surface area (Å²) in [5, 5.41) is 21.1. The number of nitrogens with zero attached hydrogens (tertiary/aromatic N) is 8. The molecule has 4 heterocycles. The molecule has 1 saturated carbocycles. The number of carbonyl (C=O) groups excluding carboxylic acids is 2. The van der Waals surface area contributed by atoms with E-state index in [0.717, 1.165) is 9.36 Å². The van der Waals surface area contributed by atoms with Gasteiger partial charge < -0.3 is 15.3 Å². The van der Waals surface area contributed by atoms with E-state index in [1.165, 1.54) is 47.6 Å². The molecule has 2 fully saturated rings. The number of alkyl halides is 4. The Kier molecular flexibility index (Phi) is 9.05. The monoisotopic (exact) mass is 727 g/mol. The summed E-state index contributed by atoms with van der Waals surface area (Å²) in [6, 6.07) is 6.28. The largest absolute Gasteiger partial charge is 0.416 e. The smallest absolute Gasteiger partial charge is 0.382 e. The van der Waals surface area contributed by atoms with Crippen LogP contribution in [0.2, 0.25) is 5.02 Å². The minimum atomic E-state index is -5.06. The molecule has 49 heavy (non-hydrogen) atoms. The molecule has 2 N–H and O–H groups in total. The first-order chi connectivity index (χ1) is 23.1. The van der Waals surface area contributed by atoms with Crippen molar-refractivity contribution in [3.8, 4) is 17.1 Å². The van der Waals surface area contributed by atoms with Crippen LogP contribution in [0, 0.1) is 0 Å². The molecular weight excluding hydrogens is 702 g/mol. The number of hydrogen-bond acceptors (Lipinski definition) is 10. The maximum absolute atomic E-state index is 13.7. The number of aliphatic hydroxyl groups excluding tert-OH is 1. The normalized spacial score (nSPS) is 19.4. The summed E-state index contributed by atoms with van der Waals surface area (Å²) in [6.07, 6.45) is -6.58. The highest BCUT2D eigenvalue weighted by Crippen LogP contribution is 2.27. The van der Waals surface area contributed by atoms with Gasteiger partial charge in [0.05, 0.1) is 41.5 Å². The molecule has 15 nitrogen and oxygen atoms in total. The molecule has 0 spiro atoms. The Labute approximate surface area is 279 Å². The number of rotatable bonds is 9. The number of hydrogen-bond donors (Lipinski definition) is 2. The maximum atomic E-state index is 13.7. The first kappa shape index (κ1) is 34.2. The predicted molar refractivity (Wildman–Crippen MR) is 163 cm³/mol. The summed E-state index contributed by atoms with van der Waals surface area (Å²) in [7, 11) is -3.38. The van der Waals surface area contributed by atoms with Gasteiger partial charge >= 0.3 is 11.9 Å². The van der Waals surface area contributed by atoms with Crippen LogP contribution in [0.4, 0.5) is 17.6 Å². The molecule has 260 valence electrons. The highest BCUT2D eigenvalue weighted by atomic mass is 35.5. The average molecular weight is 728 g/mol. The van der Waals surface area contributed by atoms with E-state index in [0.29, 0.717) is 9.59 Å². The zero-order valence-electron chi connectivity index (χ0n) is 25.1. The van der Waals surface area contributed by atoms with Crippen molar-refractivity contribution in [1.29, 1.82) is 0 Å². The lowest BCUT2D eigenvalue weighted by atomic mass is 10.2. The Morgan fingerprint density at radius 2 is 1.78 bits per heavy atom. The summed E-state index contributed by atoms with van der Waals surface area (Å²) in [5.74, 6) is -2.99. The number of benzene rings is 1. The molecule has 3 atom stereocenters. The van der Waals surface area contributed by atoms with Crippen LogP contribution in [-0.2, 0) is 22.9 Å². The van der Waals surface area contributed by atoms with E-state index in [-0.39, 0.29) is 59.5 Å². The third-order valence-corrected chi connectivity index (χ3v) is 9.69. The van der Waals surface area contributed by atoms with E-state index >= 15 is 0 Å². The van der Waals surface area contributed by atoms with Gasteiger partial charge in [0.15, 0.2) is 27.6 Å². The second-order valence-electron chi connectivity index (χ2n) is 11.4. The second kappa shape index (κ2) is 13.0. The number of nitrogens with one attached hydrogen (secondary N) is 1. The quantitative estimate of drug-likeness (QED) is 0.236. The lowest BCUT2D eigenvalue weighted by Gasteiger charge is -2.26. The molecule has 21 heteroatoms. The summed E-state index contributed by atoms with van der Waals surface area (Å²) in [4.78, 5) is 49.8. The number of sulfone groups is 1. The second-order valence-corrected chi connectivity index (χ2v) is 14.1. The number of carbonyl (C=O) groups is 2. The summed E-state index contributed by atoms with van der Waals surface area (Å²) in [5.41, 5.74) is -1.00. The fraction of sp³-hybridized carbons (Fsp3) is 0.393. The minimum Gasteiger partial charge on any atom is -0.382 e. The number of halogens is 5. The van der Waals surface area contributed by atoms with E-state index in [1.54, 1.807) is 0 Å². The molecule has 0 radical (unpaired) electrons. The number of pyridine rings is 1. The Balaban J connectivity index is 1.41. The van der Waals surface area contributed by atoms with Crippen LogP contribution in [0.15, 0.2) is 47.5 Å². The van der Waals surface area contributed by atoms with Crippen LogP contribution in [0.5, 0.6) is 0 Å². The van der Waals surface area contributed by atoms with E-state index in [2.05, 4.69) is 25.5 Å². The lowest BCUT2D eigenvalue weighted by Crippen LogP contribution is -2.44. The Bertz CT molecular complexity index is 2070. The third-order valence-electron chi connectivity index (χ3n) is 7.83. The molecule has 1 saturated heterocycles. The van der Waals surface area contributed by atoms with Crippen molar-refractivity contribution in [3.05, 3.63) is 75.4 Å². The minimum absolute atomic E-state index is 0.0594. The van der Waals surface area contributed by atoms with Gasteiger partial charge in [0.1, 0.15) is 12.7 Å². The zero-order chi connectivity index (χ0) is 35.2. The predicted octanol–water partition coefficient (Wildman–Crippen LogP) is 1.02. The number of amides is 2.